The maximum atomic E-state index is 12.9. The van der Waals surface area contributed by atoms with Gasteiger partial charge in [0.2, 0.25) is 0 Å². The zero-order valence-corrected chi connectivity index (χ0v) is 19.3. The molecule has 0 unspecified atom stereocenters. The Balaban J connectivity index is 1.80. The molecule has 0 N–H and O–H groups in total. The Bertz CT molecular complexity index is 1170. The third-order valence-corrected chi connectivity index (χ3v) is 6.47. The Morgan fingerprint density at radius 3 is 2.68 bits per heavy atom. The van der Waals surface area contributed by atoms with Gasteiger partial charge in [0.1, 0.15) is 10.0 Å². The molecule has 0 saturated carbocycles. The summed E-state index contributed by atoms with van der Waals surface area (Å²) in [5.41, 5.74) is 6.02. The molecule has 1 aromatic heterocycles. The van der Waals surface area contributed by atoms with Crippen molar-refractivity contribution >= 4 is 40.3 Å². The fourth-order valence-corrected chi connectivity index (χ4v) is 4.72. The van der Waals surface area contributed by atoms with E-state index >= 15 is 0 Å². The highest BCUT2D eigenvalue weighted by molar-refractivity contribution is 8.26. The fourth-order valence-electron chi connectivity index (χ4n) is 3.42. The average molecular weight is 450 g/mol. The van der Waals surface area contributed by atoms with Gasteiger partial charge in [0.25, 0.3) is 5.91 Å². The molecule has 1 aliphatic rings. The van der Waals surface area contributed by atoms with Crippen molar-refractivity contribution in [2.45, 2.75) is 13.8 Å². The van der Waals surface area contributed by atoms with E-state index in [2.05, 4.69) is 32.0 Å². The molecule has 4 rings (SSSR count). The summed E-state index contributed by atoms with van der Waals surface area (Å²) in [5.74, 6) is -0.0913. The van der Waals surface area contributed by atoms with E-state index in [-0.39, 0.29) is 5.91 Å². The average Bonchev–Trinajstić information content (AvgIpc) is 3.30. The van der Waals surface area contributed by atoms with Crippen LogP contribution in [-0.2, 0) is 9.53 Å². The van der Waals surface area contributed by atoms with Crippen LogP contribution in [0, 0.1) is 13.8 Å². The SMILES string of the molecule is COCCN1C(=O)C(=Cc2cn(-c3ccccc3)nc2-c2cc(C)ccc2C)SC1=S. The second-order valence-corrected chi connectivity index (χ2v) is 9.03. The number of nitrogens with zero attached hydrogens (tertiary/aromatic N) is 3. The number of para-hydroxylation sites is 1. The van der Waals surface area contributed by atoms with Crippen molar-refractivity contribution in [2.75, 3.05) is 20.3 Å². The molecule has 2 heterocycles. The molecule has 1 fully saturated rings. The van der Waals surface area contributed by atoms with Gasteiger partial charge in [0.15, 0.2) is 0 Å². The van der Waals surface area contributed by atoms with Gasteiger partial charge >= 0.3 is 0 Å². The molecule has 0 bridgehead atoms. The summed E-state index contributed by atoms with van der Waals surface area (Å²) in [6.45, 7) is 5.03. The first-order valence-corrected chi connectivity index (χ1v) is 11.2. The summed E-state index contributed by atoms with van der Waals surface area (Å²) in [6.07, 6.45) is 3.86. The summed E-state index contributed by atoms with van der Waals surface area (Å²) in [5, 5.41) is 4.89. The van der Waals surface area contributed by atoms with E-state index in [9.17, 15) is 4.79 Å². The zero-order chi connectivity index (χ0) is 22.0. The number of carbonyl (C=O) groups is 1. The topological polar surface area (TPSA) is 47.4 Å². The molecule has 7 heteroatoms. The molecule has 2 aromatic carbocycles. The summed E-state index contributed by atoms with van der Waals surface area (Å²) in [4.78, 5) is 15.1. The number of ether oxygens (including phenoxy) is 1. The summed E-state index contributed by atoms with van der Waals surface area (Å²) < 4.78 is 7.52. The van der Waals surface area contributed by atoms with E-state index in [1.165, 1.54) is 11.8 Å². The smallest absolute Gasteiger partial charge is 0.266 e. The predicted octanol–water partition coefficient (Wildman–Crippen LogP) is 5.00. The molecule has 0 aliphatic carbocycles. The van der Waals surface area contributed by atoms with Gasteiger partial charge < -0.3 is 4.74 Å². The van der Waals surface area contributed by atoms with E-state index in [0.29, 0.717) is 22.4 Å². The third kappa shape index (κ3) is 4.49. The Labute approximate surface area is 191 Å². The fraction of sp³-hybridized carbons (Fsp3) is 0.208. The number of methoxy groups -OCH3 is 1. The lowest BCUT2D eigenvalue weighted by Gasteiger charge is -2.12. The standard InChI is InChI=1S/C24H23N3O2S2/c1-16-9-10-17(2)20(13-16)22-18(15-27(25-22)19-7-5-4-6-8-19)14-21-23(28)26(11-12-29-3)24(30)31-21/h4-10,13-15H,11-12H2,1-3H3. The van der Waals surface area contributed by atoms with Crippen LogP contribution >= 0.6 is 24.0 Å². The lowest BCUT2D eigenvalue weighted by atomic mass is 10.0. The number of amides is 1. The number of benzene rings is 2. The minimum atomic E-state index is -0.0913. The molecular formula is C24H23N3O2S2. The van der Waals surface area contributed by atoms with Crippen molar-refractivity contribution in [2.24, 2.45) is 0 Å². The second kappa shape index (κ2) is 9.18. The molecule has 158 valence electrons. The molecule has 5 nitrogen and oxygen atoms in total. The number of hydrogen-bond acceptors (Lipinski definition) is 5. The first-order valence-electron chi connectivity index (χ1n) is 9.95. The molecule has 0 atom stereocenters. The first kappa shape index (κ1) is 21.5. The van der Waals surface area contributed by atoms with Crippen LogP contribution in [0.2, 0.25) is 0 Å². The predicted molar refractivity (Wildman–Crippen MR) is 130 cm³/mol. The maximum absolute atomic E-state index is 12.9. The highest BCUT2D eigenvalue weighted by Gasteiger charge is 2.32. The van der Waals surface area contributed by atoms with Gasteiger partial charge in [-0.2, -0.15) is 5.10 Å². The Morgan fingerprint density at radius 2 is 1.94 bits per heavy atom. The van der Waals surface area contributed by atoms with Crippen LogP contribution in [0.1, 0.15) is 16.7 Å². The van der Waals surface area contributed by atoms with Gasteiger partial charge in [-0.25, -0.2) is 4.68 Å². The Morgan fingerprint density at radius 1 is 1.16 bits per heavy atom. The largest absolute Gasteiger partial charge is 0.383 e. The molecular weight excluding hydrogens is 426 g/mol. The second-order valence-electron chi connectivity index (χ2n) is 7.36. The van der Waals surface area contributed by atoms with E-state index in [1.807, 2.05) is 47.3 Å². The van der Waals surface area contributed by atoms with Gasteiger partial charge in [-0.3, -0.25) is 9.69 Å². The molecule has 1 amide bonds. The number of carbonyl (C=O) groups excluding carboxylic acids is 1. The van der Waals surface area contributed by atoms with Crippen LogP contribution in [-0.4, -0.2) is 45.2 Å². The molecule has 0 radical (unpaired) electrons. The van der Waals surface area contributed by atoms with Crippen molar-refractivity contribution in [1.82, 2.24) is 14.7 Å². The maximum Gasteiger partial charge on any atom is 0.266 e. The number of rotatable bonds is 6. The van der Waals surface area contributed by atoms with Crippen molar-refractivity contribution in [3.05, 3.63) is 76.3 Å². The number of thioether (sulfide) groups is 1. The molecule has 3 aromatic rings. The lowest BCUT2D eigenvalue weighted by molar-refractivity contribution is -0.122. The van der Waals surface area contributed by atoms with Crippen molar-refractivity contribution < 1.29 is 9.53 Å². The minimum absolute atomic E-state index is 0.0913. The van der Waals surface area contributed by atoms with E-state index in [1.54, 1.807) is 12.0 Å². The minimum Gasteiger partial charge on any atom is -0.383 e. The first-order chi connectivity index (χ1) is 15.0. The lowest BCUT2D eigenvalue weighted by Crippen LogP contribution is -2.31. The van der Waals surface area contributed by atoms with Crippen LogP contribution in [0.4, 0.5) is 0 Å². The van der Waals surface area contributed by atoms with Gasteiger partial charge in [-0.15, -0.1) is 0 Å². The van der Waals surface area contributed by atoms with Crippen molar-refractivity contribution in [3.8, 4) is 16.9 Å². The molecule has 1 saturated heterocycles. The number of thiocarbonyl (C=S) groups is 1. The summed E-state index contributed by atoms with van der Waals surface area (Å²) in [7, 11) is 1.61. The molecule has 0 spiro atoms. The van der Waals surface area contributed by atoms with Gasteiger partial charge in [0.05, 0.1) is 23.7 Å². The quantitative estimate of drug-likeness (QED) is 0.391. The Kier molecular flexibility index (Phi) is 6.36. The van der Waals surface area contributed by atoms with E-state index < -0.39 is 0 Å². The third-order valence-electron chi connectivity index (χ3n) is 5.09. The van der Waals surface area contributed by atoms with Gasteiger partial charge in [0, 0.05) is 24.4 Å². The molecule has 1 aliphatic heterocycles. The van der Waals surface area contributed by atoms with E-state index in [0.717, 1.165) is 33.6 Å². The van der Waals surface area contributed by atoms with Crippen LogP contribution in [0.5, 0.6) is 0 Å². The molecule has 31 heavy (non-hydrogen) atoms. The van der Waals surface area contributed by atoms with Gasteiger partial charge in [-0.1, -0.05) is 59.9 Å². The van der Waals surface area contributed by atoms with E-state index in [4.69, 9.17) is 22.1 Å². The monoisotopic (exact) mass is 449 g/mol. The zero-order valence-electron chi connectivity index (χ0n) is 17.7. The Hall–Kier alpha value is -2.74. The number of aromatic nitrogens is 2. The summed E-state index contributed by atoms with van der Waals surface area (Å²) in [6, 6.07) is 16.3. The summed E-state index contributed by atoms with van der Waals surface area (Å²) >= 11 is 6.74. The van der Waals surface area contributed by atoms with Crippen molar-refractivity contribution in [1.29, 1.82) is 0 Å². The van der Waals surface area contributed by atoms with Crippen LogP contribution in [0.3, 0.4) is 0 Å². The van der Waals surface area contributed by atoms with Gasteiger partial charge in [-0.05, 0) is 43.7 Å². The van der Waals surface area contributed by atoms with Crippen LogP contribution < -0.4 is 0 Å². The highest BCUT2D eigenvalue weighted by Crippen LogP contribution is 2.35. The number of hydrogen-bond donors (Lipinski definition) is 0. The van der Waals surface area contributed by atoms with Crippen LogP contribution in [0.25, 0.3) is 23.0 Å². The van der Waals surface area contributed by atoms with Crippen molar-refractivity contribution in [3.63, 3.8) is 0 Å². The normalized spacial score (nSPS) is 15.3. The number of aryl methyl sites for hydroxylation is 2. The van der Waals surface area contributed by atoms with Crippen LogP contribution in [0.15, 0.2) is 59.6 Å². The highest BCUT2D eigenvalue weighted by atomic mass is 32.2.